The molecule has 0 saturated heterocycles. The highest BCUT2D eigenvalue weighted by Gasteiger charge is 2.39. The predicted octanol–water partition coefficient (Wildman–Crippen LogP) is 3.31. The molecule has 0 amide bonds. The topological polar surface area (TPSA) is 29.5 Å². The van der Waals surface area contributed by atoms with Crippen LogP contribution >= 0.6 is 0 Å². The second-order valence-corrected chi connectivity index (χ2v) is 11.1. The van der Waals surface area contributed by atoms with Crippen molar-refractivity contribution in [3.63, 3.8) is 0 Å². The van der Waals surface area contributed by atoms with Gasteiger partial charge < -0.3 is 9.53 Å². The minimum absolute atomic E-state index is 0.131. The van der Waals surface area contributed by atoms with Gasteiger partial charge in [-0.15, -0.1) is 0 Å². The molecule has 1 N–H and O–H groups in total. The average Bonchev–Trinajstić information content (AvgIpc) is 2.00. The molecule has 90 valence electrons. The van der Waals surface area contributed by atoms with Gasteiger partial charge in [0.2, 0.25) is 0 Å². The molecule has 1 aliphatic rings. The molecule has 2 nitrogen and oxygen atoms in total. The van der Waals surface area contributed by atoms with Crippen molar-refractivity contribution in [1.82, 2.24) is 0 Å². The first-order valence-electron chi connectivity index (χ1n) is 6.08. The highest BCUT2D eigenvalue weighted by Crippen LogP contribution is 2.39. The van der Waals surface area contributed by atoms with E-state index in [1.165, 1.54) is 0 Å². The summed E-state index contributed by atoms with van der Waals surface area (Å²) in [5, 5.41) is 9.89. The number of hydrogen-bond acceptors (Lipinski definition) is 2. The zero-order valence-corrected chi connectivity index (χ0v) is 11.8. The van der Waals surface area contributed by atoms with E-state index < -0.39 is 8.32 Å². The van der Waals surface area contributed by atoms with Gasteiger partial charge in [-0.25, -0.2) is 0 Å². The van der Waals surface area contributed by atoms with Crippen LogP contribution in [-0.4, -0.2) is 25.6 Å². The van der Waals surface area contributed by atoms with Crippen LogP contribution in [0, 0.1) is 0 Å². The van der Waals surface area contributed by atoms with Crippen molar-refractivity contribution in [2.75, 3.05) is 0 Å². The van der Waals surface area contributed by atoms with Crippen molar-refractivity contribution in [3.05, 3.63) is 0 Å². The minimum Gasteiger partial charge on any atom is -0.414 e. The Labute approximate surface area is 95.2 Å². The van der Waals surface area contributed by atoms with E-state index >= 15 is 0 Å². The number of aliphatic hydroxyl groups excluding tert-OH is 1. The maximum Gasteiger partial charge on any atom is 0.192 e. The molecule has 2 atom stereocenters. The van der Waals surface area contributed by atoms with Gasteiger partial charge in [-0.3, -0.25) is 0 Å². The molecule has 0 unspecified atom stereocenters. The Hall–Kier alpha value is 0.137. The van der Waals surface area contributed by atoms with E-state index in [9.17, 15) is 5.11 Å². The van der Waals surface area contributed by atoms with Crippen molar-refractivity contribution in [1.29, 1.82) is 0 Å². The lowest BCUT2D eigenvalue weighted by molar-refractivity contribution is 0.0465. The summed E-state index contributed by atoms with van der Waals surface area (Å²) in [5.74, 6) is 0. The summed E-state index contributed by atoms with van der Waals surface area (Å²) in [6.07, 6.45) is 4.21. The summed E-state index contributed by atoms with van der Waals surface area (Å²) < 4.78 is 6.29. The maximum absolute atomic E-state index is 9.61. The van der Waals surface area contributed by atoms with Gasteiger partial charge in [0.05, 0.1) is 6.10 Å². The third-order valence-corrected chi connectivity index (χ3v) is 8.40. The van der Waals surface area contributed by atoms with E-state index in [1.54, 1.807) is 0 Å². The molecule has 1 saturated carbocycles. The maximum atomic E-state index is 9.61. The van der Waals surface area contributed by atoms with Gasteiger partial charge in [0.1, 0.15) is 0 Å². The molecular weight excluding hydrogens is 204 g/mol. The number of rotatable bonds is 2. The first kappa shape index (κ1) is 13.2. The molecule has 3 heteroatoms. The Morgan fingerprint density at radius 3 is 2.27 bits per heavy atom. The zero-order chi connectivity index (χ0) is 11.7. The van der Waals surface area contributed by atoms with Gasteiger partial charge in [-0.05, 0) is 43.8 Å². The molecule has 0 aliphatic heterocycles. The second kappa shape index (κ2) is 4.56. The Morgan fingerprint density at radius 2 is 1.80 bits per heavy atom. The lowest BCUT2D eigenvalue weighted by Gasteiger charge is -2.41. The summed E-state index contributed by atoms with van der Waals surface area (Å²) in [4.78, 5) is 0. The van der Waals surface area contributed by atoms with Crippen LogP contribution in [0.3, 0.4) is 0 Å². The summed E-state index contributed by atoms with van der Waals surface area (Å²) in [6, 6.07) is 0. The second-order valence-electron chi connectivity index (χ2n) is 6.32. The Kier molecular flexibility index (Phi) is 4.01. The molecule has 15 heavy (non-hydrogen) atoms. The van der Waals surface area contributed by atoms with Crippen molar-refractivity contribution < 1.29 is 9.53 Å². The van der Waals surface area contributed by atoms with Crippen LogP contribution in [0.15, 0.2) is 0 Å². The molecule has 0 aromatic heterocycles. The van der Waals surface area contributed by atoms with Crippen LogP contribution in [0.2, 0.25) is 18.1 Å². The number of aliphatic hydroxyl groups is 1. The SMILES string of the molecule is CC(C)(C)[Si](C)(C)O[C@@H]1CCC[C@H](O)C1. The van der Waals surface area contributed by atoms with Crippen LogP contribution in [0.1, 0.15) is 46.5 Å². The van der Waals surface area contributed by atoms with Gasteiger partial charge >= 0.3 is 0 Å². The van der Waals surface area contributed by atoms with Gasteiger partial charge in [-0.2, -0.15) is 0 Å². The smallest absolute Gasteiger partial charge is 0.192 e. The first-order valence-corrected chi connectivity index (χ1v) is 8.99. The molecule has 0 radical (unpaired) electrons. The normalized spacial score (nSPS) is 29.2. The standard InChI is InChI=1S/C12H26O2Si/c1-12(2,3)15(4,5)14-11-8-6-7-10(13)9-11/h10-11,13H,6-9H2,1-5H3/t10-,11+/m0/s1. The first-order chi connectivity index (χ1) is 6.72. The van der Waals surface area contributed by atoms with E-state index in [2.05, 4.69) is 33.9 Å². The van der Waals surface area contributed by atoms with Crippen LogP contribution < -0.4 is 0 Å². The summed E-state index contributed by atoms with van der Waals surface area (Å²) in [6.45, 7) is 11.4. The molecule has 0 aromatic carbocycles. The molecule has 1 rings (SSSR count). The lowest BCUT2D eigenvalue weighted by atomic mass is 9.95. The fraction of sp³-hybridized carbons (Fsp3) is 1.00. The van der Waals surface area contributed by atoms with E-state index in [4.69, 9.17) is 4.43 Å². The Balaban J connectivity index is 2.53. The lowest BCUT2D eigenvalue weighted by Crippen LogP contribution is -2.45. The molecule has 0 spiro atoms. The van der Waals surface area contributed by atoms with Gasteiger partial charge in [-0.1, -0.05) is 20.8 Å². The van der Waals surface area contributed by atoms with E-state index in [0.717, 1.165) is 25.7 Å². The summed E-state index contributed by atoms with van der Waals surface area (Å²) in [7, 11) is -1.63. The van der Waals surface area contributed by atoms with Crippen LogP contribution in [0.25, 0.3) is 0 Å². The molecule has 0 aromatic rings. The highest BCUT2D eigenvalue weighted by atomic mass is 28.4. The Bertz CT molecular complexity index is 208. The van der Waals surface area contributed by atoms with Crippen LogP contribution in [-0.2, 0) is 4.43 Å². The summed E-state index contributed by atoms with van der Waals surface area (Å²) in [5.41, 5.74) is 0. The van der Waals surface area contributed by atoms with E-state index in [1.807, 2.05) is 0 Å². The fourth-order valence-corrected chi connectivity index (χ4v) is 3.22. The monoisotopic (exact) mass is 230 g/mol. The molecular formula is C12H26O2Si. The van der Waals surface area contributed by atoms with E-state index in [0.29, 0.717) is 6.10 Å². The fourth-order valence-electron chi connectivity index (χ4n) is 1.82. The zero-order valence-electron chi connectivity index (χ0n) is 10.8. The van der Waals surface area contributed by atoms with Gasteiger partial charge in [0.25, 0.3) is 0 Å². The molecule has 0 bridgehead atoms. The summed E-state index contributed by atoms with van der Waals surface area (Å²) >= 11 is 0. The molecule has 0 heterocycles. The molecule has 1 aliphatic carbocycles. The third kappa shape index (κ3) is 3.57. The number of hydrogen-bond donors (Lipinski definition) is 1. The predicted molar refractivity (Wildman–Crippen MR) is 66.5 cm³/mol. The third-order valence-electron chi connectivity index (χ3n) is 3.87. The van der Waals surface area contributed by atoms with E-state index in [-0.39, 0.29) is 11.1 Å². The largest absolute Gasteiger partial charge is 0.414 e. The average molecular weight is 230 g/mol. The quantitative estimate of drug-likeness (QED) is 0.738. The van der Waals surface area contributed by atoms with Crippen LogP contribution in [0.5, 0.6) is 0 Å². The van der Waals surface area contributed by atoms with Crippen molar-refractivity contribution in [2.24, 2.45) is 0 Å². The van der Waals surface area contributed by atoms with Crippen molar-refractivity contribution in [3.8, 4) is 0 Å². The van der Waals surface area contributed by atoms with Crippen molar-refractivity contribution >= 4 is 8.32 Å². The molecule has 1 fully saturated rings. The Morgan fingerprint density at radius 1 is 1.20 bits per heavy atom. The van der Waals surface area contributed by atoms with Gasteiger partial charge in [0.15, 0.2) is 8.32 Å². The van der Waals surface area contributed by atoms with Crippen LogP contribution in [0.4, 0.5) is 0 Å². The van der Waals surface area contributed by atoms with Gasteiger partial charge in [0, 0.05) is 6.10 Å². The van der Waals surface area contributed by atoms with Crippen molar-refractivity contribution in [2.45, 2.75) is 76.8 Å². The highest BCUT2D eigenvalue weighted by molar-refractivity contribution is 6.74. The minimum atomic E-state index is -1.63.